The number of amides is 1. The summed E-state index contributed by atoms with van der Waals surface area (Å²) in [7, 11) is 1.85. The molecule has 1 N–H and O–H groups in total. The van der Waals surface area contributed by atoms with E-state index >= 15 is 0 Å². The molecule has 0 aliphatic carbocycles. The third kappa shape index (κ3) is 2.20. The number of rotatable bonds is 3. The van der Waals surface area contributed by atoms with Crippen LogP contribution in [0.4, 0.5) is 5.69 Å². The number of carbonyl (C=O) groups is 1. The van der Waals surface area contributed by atoms with Crippen molar-refractivity contribution in [3.05, 3.63) is 29.8 Å². The maximum absolute atomic E-state index is 12.2. The Morgan fingerprint density at radius 3 is 2.65 bits per heavy atom. The minimum Gasteiger partial charge on any atom is -0.311 e. The molecular formula is C14H20N2O. The van der Waals surface area contributed by atoms with Gasteiger partial charge in [-0.1, -0.05) is 32.0 Å². The molecule has 1 aromatic carbocycles. The number of hydrogen-bond acceptors (Lipinski definition) is 2. The van der Waals surface area contributed by atoms with Crippen LogP contribution in [0.3, 0.4) is 0 Å². The van der Waals surface area contributed by atoms with Crippen LogP contribution < -0.4 is 10.2 Å². The van der Waals surface area contributed by atoms with Crippen LogP contribution in [0.15, 0.2) is 24.3 Å². The average molecular weight is 232 g/mol. The molecule has 1 unspecified atom stereocenters. The lowest BCUT2D eigenvalue weighted by Gasteiger charge is -2.22. The monoisotopic (exact) mass is 232 g/mol. The molecule has 1 heterocycles. The van der Waals surface area contributed by atoms with Crippen LogP contribution in [0.1, 0.15) is 31.7 Å². The molecule has 1 fully saturated rings. The van der Waals surface area contributed by atoms with Crippen molar-refractivity contribution in [1.82, 2.24) is 5.32 Å². The zero-order valence-electron chi connectivity index (χ0n) is 10.7. The normalized spacial score (nSPS) is 20.4. The molecule has 0 aromatic heterocycles. The molecule has 3 nitrogen and oxygen atoms in total. The van der Waals surface area contributed by atoms with Crippen molar-refractivity contribution >= 4 is 11.6 Å². The Morgan fingerprint density at radius 2 is 2.06 bits per heavy atom. The Hall–Kier alpha value is -1.35. The predicted octanol–water partition coefficient (Wildman–Crippen LogP) is 2.13. The highest BCUT2D eigenvalue weighted by molar-refractivity contribution is 6.00. The summed E-state index contributed by atoms with van der Waals surface area (Å²) in [6.07, 6.45) is 0.891. The number of benzene rings is 1. The number of nitrogens with zero attached hydrogens (tertiary/aromatic N) is 1. The number of anilines is 1. The maximum atomic E-state index is 12.2. The summed E-state index contributed by atoms with van der Waals surface area (Å²) < 4.78 is 0. The quantitative estimate of drug-likeness (QED) is 0.866. The highest BCUT2D eigenvalue weighted by Gasteiger charge is 2.32. The van der Waals surface area contributed by atoms with Gasteiger partial charge in [-0.05, 0) is 31.0 Å². The largest absolute Gasteiger partial charge is 0.311 e. The van der Waals surface area contributed by atoms with Crippen molar-refractivity contribution in [3.63, 3.8) is 0 Å². The molecular weight excluding hydrogens is 212 g/mol. The summed E-state index contributed by atoms with van der Waals surface area (Å²) in [6.45, 7) is 5.14. The fourth-order valence-electron chi connectivity index (χ4n) is 2.41. The highest BCUT2D eigenvalue weighted by Crippen LogP contribution is 2.30. The minimum absolute atomic E-state index is 0.0183. The lowest BCUT2D eigenvalue weighted by molar-refractivity contribution is -0.118. The first-order chi connectivity index (χ1) is 8.15. The van der Waals surface area contributed by atoms with E-state index in [1.54, 1.807) is 0 Å². The highest BCUT2D eigenvalue weighted by atomic mass is 16.2. The molecule has 3 heteroatoms. The summed E-state index contributed by atoms with van der Waals surface area (Å²) in [5, 5.41) is 3.07. The van der Waals surface area contributed by atoms with Crippen LogP contribution >= 0.6 is 0 Å². The van der Waals surface area contributed by atoms with E-state index in [9.17, 15) is 4.79 Å². The van der Waals surface area contributed by atoms with Crippen LogP contribution in [-0.4, -0.2) is 25.5 Å². The van der Waals surface area contributed by atoms with E-state index in [4.69, 9.17) is 0 Å². The Labute approximate surface area is 103 Å². The number of nitrogens with one attached hydrogen (secondary N) is 1. The van der Waals surface area contributed by atoms with E-state index in [-0.39, 0.29) is 11.9 Å². The van der Waals surface area contributed by atoms with Crippen molar-refractivity contribution in [2.24, 2.45) is 0 Å². The summed E-state index contributed by atoms with van der Waals surface area (Å²) in [6, 6.07) is 8.18. The van der Waals surface area contributed by atoms with Gasteiger partial charge < -0.3 is 10.2 Å². The van der Waals surface area contributed by atoms with Crippen LogP contribution in [0.2, 0.25) is 0 Å². The van der Waals surface area contributed by atoms with Gasteiger partial charge in [-0.15, -0.1) is 0 Å². The van der Waals surface area contributed by atoms with E-state index in [2.05, 4.69) is 25.2 Å². The molecule has 1 amide bonds. The van der Waals surface area contributed by atoms with Gasteiger partial charge in [0.25, 0.3) is 0 Å². The summed E-state index contributed by atoms with van der Waals surface area (Å²) in [4.78, 5) is 14.1. The summed E-state index contributed by atoms with van der Waals surface area (Å²) in [5.41, 5.74) is 2.32. The Balaban J connectivity index is 2.32. The van der Waals surface area contributed by atoms with Gasteiger partial charge >= 0.3 is 0 Å². The second kappa shape index (κ2) is 4.88. The summed E-state index contributed by atoms with van der Waals surface area (Å²) >= 11 is 0. The van der Waals surface area contributed by atoms with Crippen molar-refractivity contribution < 1.29 is 4.79 Å². The summed E-state index contributed by atoms with van der Waals surface area (Å²) in [5.74, 6) is 0.633. The lowest BCUT2D eigenvalue weighted by atomic mass is 10.0. The fraction of sp³-hybridized carbons (Fsp3) is 0.500. The van der Waals surface area contributed by atoms with Crippen LogP contribution in [0, 0.1) is 0 Å². The standard InChI is InChI=1S/C14H20N2O/c1-10(2)11-6-4-5-7-13(11)16-9-8-12(15-3)14(16)17/h4-7,10,12,15H,8-9H2,1-3H3. The molecule has 1 saturated heterocycles. The van der Waals surface area contributed by atoms with Crippen LogP contribution in [-0.2, 0) is 4.79 Å². The molecule has 1 atom stereocenters. The van der Waals surface area contributed by atoms with E-state index in [1.165, 1.54) is 5.56 Å². The minimum atomic E-state index is -0.0183. The molecule has 1 aliphatic heterocycles. The molecule has 17 heavy (non-hydrogen) atoms. The van der Waals surface area contributed by atoms with Gasteiger partial charge in [-0.3, -0.25) is 4.79 Å². The van der Waals surface area contributed by atoms with E-state index in [1.807, 2.05) is 30.1 Å². The van der Waals surface area contributed by atoms with Gasteiger partial charge in [0.2, 0.25) is 5.91 Å². The molecule has 0 radical (unpaired) electrons. The van der Waals surface area contributed by atoms with Crippen LogP contribution in [0.25, 0.3) is 0 Å². The topological polar surface area (TPSA) is 32.3 Å². The fourth-order valence-corrected chi connectivity index (χ4v) is 2.41. The van der Waals surface area contributed by atoms with Gasteiger partial charge in [-0.25, -0.2) is 0 Å². The van der Waals surface area contributed by atoms with E-state index in [0.29, 0.717) is 5.92 Å². The molecule has 0 spiro atoms. The number of likely N-dealkylation sites (N-methyl/N-ethyl adjacent to an activating group) is 1. The van der Waals surface area contributed by atoms with Gasteiger partial charge in [0.15, 0.2) is 0 Å². The van der Waals surface area contributed by atoms with Crippen LogP contribution in [0.5, 0.6) is 0 Å². The molecule has 1 aliphatic rings. The second-order valence-electron chi connectivity index (χ2n) is 4.83. The van der Waals surface area contributed by atoms with Gasteiger partial charge in [0, 0.05) is 12.2 Å². The third-order valence-corrected chi connectivity index (χ3v) is 3.40. The maximum Gasteiger partial charge on any atom is 0.244 e. The molecule has 2 rings (SSSR count). The first-order valence-electron chi connectivity index (χ1n) is 6.22. The molecule has 0 saturated carbocycles. The first kappa shape index (κ1) is 12.1. The average Bonchev–Trinajstić information content (AvgIpc) is 2.70. The first-order valence-corrected chi connectivity index (χ1v) is 6.22. The second-order valence-corrected chi connectivity index (χ2v) is 4.83. The number of hydrogen-bond donors (Lipinski definition) is 1. The molecule has 0 bridgehead atoms. The Morgan fingerprint density at radius 1 is 1.35 bits per heavy atom. The zero-order chi connectivity index (χ0) is 12.4. The SMILES string of the molecule is CNC1CCN(c2ccccc2C(C)C)C1=O. The van der Waals surface area contributed by atoms with Gasteiger partial charge in [-0.2, -0.15) is 0 Å². The predicted molar refractivity (Wildman–Crippen MR) is 70.3 cm³/mol. The van der Waals surface area contributed by atoms with Gasteiger partial charge in [0.05, 0.1) is 6.04 Å². The lowest BCUT2D eigenvalue weighted by Crippen LogP contribution is -2.36. The Bertz CT molecular complexity index is 414. The van der Waals surface area contributed by atoms with Crippen molar-refractivity contribution in [2.45, 2.75) is 32.2 Å². The van der Waals surface area contributed by atoms with Crippen molar-refractivity contribution in [1.29, 1.82) is 0 Å². The smallest absolute Gasteiger partial charge is 0.244 e. The molecule has 1 aromatic rings. The van der Waals surface area contributed by atoms with Crippen molar-refractivity contribution in [2.75, 3.05) is 18.5 Å². The molecule has 92 valence electrons. The number of carbonyl (C=O) groups excluding carboxylic acids is 1. The number of para-hydroxylation sites is 1. The Kier molecular flexibility index (Phi) is 3.48. The van der Waals surface area contributed by atoms with Gasteiger partial charge in [0.1, 0.15) is 0 Å². The van der Waals surface area contributed by atoms with Crippen molar-refractivity contribution in [3.8, 4) is 0 Å². The van der Waals surface area contributed by atoms with E-state index < -0.39 is 0 Å². The third-order valence-electron chi connectivity index (χ3n) is 3.40. The zero-order valence-corrected chi connectivity index (χ0v) is 10.7. The van der Waals surface area contributed by atoms with E-state index in [0.717, 1.165) is 18.7 Å².